The Morgan fingerprint density at radius 3 is 3.05 bits per heavy atom. The minimum atomic E-state index is -0.364. The normalized spacial score (nSPS) is 19.2. The number of nitro groups is 1. The van der Waals surface area contributed by atoms with Gasteiger partial charge in [-0.2, -0.15) is 0 Å². The number of hydrogen-bond acceptors (Lipinski definition) is 5. The summed E-state index contributed by atoms with van der Waals surface area (Å²) >= 11 is 0. The highest BCUT2D eigenvalue weighted by atomic mass is 16.6. The van der Waals surface area contributed by atoms with E-state index in [1.807, 2.05) is 6.07 Å². The molecule has 1 aromatic carbocycles. The van der Waals surface area contributed by atoms with Crippen LogP contribution in [0.1, 0.15) is 6.92 Å². The fourth-order valence-electron chi connectivity index (χ4n) is 2.66. The molecule has 1 aliphatic heterocycles. The van der Waals surface area contributed by atoms with Crippen LogP contribution >= 0.6 is 0 Å². The van der Waals surface area contributed by atoms with Crippen molar-refractivity contribution in [1.29, 1.82) is 0 Å². The first-order chi connectivity index (χ1) is 9.65. The Bertz CT molecular complexity index is 659. The molecule has 1 aromatic heterocycles. The van der Waals surface area contributed by atoms with E-state index < -0.39 is 0 Å². The van der Waals surface area contributed by atoms with Gasteiger partial charge >= 0.3 is 0 Å². The Morgan fingerprint density at radius 2 is 2.30 bits per heavy atom. The SMILES string of the molecule is C[C@H]1CN(c2ccnc3ccc([N+](=O)[O-])cc23)CCN1. The summed E-state index contributed by atoms with van der Waals surface area (Å²) in [6.45, 7) is 4.84. The Kier molecular flexibility index (Phi) is 3.23. The smallest absolute Gasteiger partial charge is 0.270 e. The van der Waals surface area contributed by atoms with Crippen LogP contribution in [0, 0.1) is 10.1 Å². The van der Waals surface area contributed by atoms with E-state index in [4.69, 9.17) is 0 Å². The lowest BCUT2D eigenvalue weighted by molar-refractivity contribution is -0.384. The number of piperazine rings is 1. The van der Waals surface area contributed by atoms with E-state index in [0.29, 0.717) is 6.04 Å². The number of non-ortho nitro benzene ring substituents is 1. The highest BCUT2D eigenvalue weighted by molar-refractivity contribution is 5.93. The zero-order chi connectivity index (χ0) is 14.1. The summed E-state index contributed by atoms with van der Waals surface area (Å²) in [6.07, 6.45) is 1.76. The largest absolute Gasteiger partial charge is 0.368 e. The molecule has 1 atom stereocenters. The van der Waals surface area contributed by atoms with Crippen molar-refractivity contribution in [3.63, 3.8) is 0 Å². The zero-order valence-electron chi connectivity index (χ0n) is 11.2. The number of rotatable bonds is 2. The van der Waals surface area contributed by atoms with E-state index >= 15 is 0 Å². The molecule has 2 aromatic rings. The second-order valence-corrected chi connectivity index (χ2v) is 5.09. The molecular formula is C14H16N4O2. The standard InChI is InChI=1S/C14H16N4O2/c1-10-9-17(7-6-15-10)14-4-5-16-13-3-2-11(18(19)20)8-12(13)14/h2-5,8,10,15H,6-7,9H2,1H3/t10-/m0/s1. The number of anilines is 1. The van der Waals surface area contributed by atoms with Gasteiger partial charge in [0, 0.05) is 55.1 Å². The number of fused-ring (bicyclic) bond motifs is 1. The molecule has 1 N–H and O–H groups in total. The molecule has 20 heavy (non-hydrogen) atoms. The average molecular weight is 272 g/mol. The van der Waals surface area contributed by atoms with Crippen LogP contribution in [0.2, 0.25) is 0 Å². The van der Waals surface area contributed by atoms with Gasteiger partial charge < -0.3 is 10.2 Å². The summed E-state index contributed by atoms with van der Waals surface area (Å²) in [5, 5.41) is 15.2. The fourth-order valence-corrected chi connectivity index (χ4v) is 2.66. The van der Waals surface area contributed by atoms with E-state index in [0.717, 1.165) is 36.2 Å². The van der Waals surface area contributed by atoms with E-state index in [-0.39, 0.29) is 10.6 Å². The number of nitrogens with zero attached hydrogens (tertiary/aromatic N) is 3. The van der Waals surface area contributed by atoms with Crippen molar-refractivity contribution in [3.05, 3.63) is 40.6 Å². The topological polar surface area (TPSA) is 71.3 Å². The molecule has 0 unspecified atom stereocenters. The lowest BCUT2D eigenvalue weighted by Crippen LogP contribution is -2.49. The van der Waals surface area contributed by atoms with Gasteiger partial charge in [0.1, 0.15) is 0 Å². The van der Waals surface area contributed by atoms with Crippen LogP contribution in [0.4, 0.5) is 11.4 Å². The van der Waals surface area contributed by atoms with Gasteiger partial charge in [0.25, 0.3) is 5.69 Å². The van der Waals surface area contributed by atoms with Crippen molar-refractivity contribution < 1.29 is 4.92 Å². The molecule has 6 nitrogen and oxygen atoms in total. The third-order valence-corrected chi connectivity index (χ3v) is 3.62. The lowest BCUT2D eigenvalue weighted by Gasteiger charge is -2.34. The Hall–Kier alpha value is -2.21. The van der Waals surface area contributed by atoms with Crippen LogP contribution in [0.5, 0.6) is 0 Å². The molecule has 0 radical (unpaired) electrons. The van der Waals surface area contributed by atoms with Gasteiger partial charge in [0.15, 0.2) is 0 Å². The summed E-state index contributed by atoms with van der Waals surface area (Å²) < 4.78 is 0. The molecule has 1 saturated heterocycles. The monoisotopic (exact) mass is 272 g/mol. The lowest BCUT2D eigenvalue weighted by atomic mass is 10.1. The van der Waals surface area contributed by atoms with Gasteiger partial charge in [0.2, 0.25) is 0 Å². The molecule has 1 fully saturated rings. The van der Waals surface area contributed by atoms with Crippen molar-refractivity contribution >= 4 is 22.3 Å². The maximum absolute atomic E-state index is 10.9. The molecule has 104 valence electrons. The maximum Gasteiger partial charge on any atom is 0.270 e. The minimum Gasteiger partial charge on any atom is -0.368 e. The van der Waals surface area contributed by atoms with Crippen LogP contribution in [-0.4, -0.2) is 35.6 Å². The Labute approximate surface area is 116 Å². The zero-order valence-corrected chi connectivity index (χ0v) is 11.2. The fraction of sp³-hybridized carbons (Fsp3) is 0.357. The third kappa shape index (κ3) is 2.30. The molecule has 3 rings (SSSR count). The number of benzene rings is 1. The number of aromatic nitrogens is 1. The molecular weight excluding hydrogens is 256 g/mol. The Balaban J connectivity index is 2.09. The van der Waals surface area contributed by atoms with Crippen LogP contribution in [-0.2, 0) is 0 Å². The molecule has 0 spiro atoms. The van der Waals surface area contributed by atoms with Crippen LogP contribution in [0.15, 0.2) is 30.5 Å². The number of nitrogens with one attached hydrogen (secondary N) is 1. The van der Waals surface area contributed by atoms with Crippen LogP contribution in [0.3, 0.4) is 0 Å². The summed E-state index contributed by atoms with van der Waals surface area (Å²) in [4.78, 5) is 17.1. The average Bonchev–Trinajstić information content (AvgIpc) is 2.46. The van der Waals surface area contributed by atoms with E-state index in [9.17, 15) is 10.1 Å². The van der Waals surface area contributed by atoms with Crippen LogP contribution < -0.4 is 10.2 Å². The van der Waals surface area contributed by atoms with Crippen molar-refractivity contribution in [3.8, 4) is 0 Å². The van der Waals surface area contributed by atoms with Gasteiger partial charge in [-0.1, -0.05) is 0 Å². The number of hydrogen-bond donors (Lipinski definition) is 1. The number of pyridine rings is 1. The first-order valence-electron chi connectivity index (χ1n) is 6.66. The van der Waals surface area contributed by atoms with Crippen molar-refractivity contribution in [2.75, 3.05) is 24.5 Å². The van der Waals surface area contributed by atoms with Crippen LogP contribution in [0.25, 0.3) is 10.9 Å². The van der Waals surface area contributed by atoms with E-state index in [1.165, 1.54) is 6.07 Å². The summed E-state index contributed by atoms with van der Waals surface area (Å²) in [6, 6.07) is 7.17. The van der Waals surface area contributed by atoms with E-state index in [1.54, 1.807) is 18.3 Å². The van der Waals surface area contributed by atoms with Crippen molar-refractivity contribution in [1.82, 2.24) is 10.3 Å². The molecule has 0 saturated carbocycles. The van der Waals surface area contributed by atoms with Gasteiger partial charge in [-0.3, -0.25) is 15.1 Å². The van der Waals surface area contributed by atoms with Gasteiger partial charge in [-0.15, -0.1) is 0 Å². The van der Waals surface area contributed by atoms with Gasteiger partial charge in [-0.05, 0) is 19.1 Å². The molecule has 2 heterocycles. The summed E-state index contributed by atoms with van der Waals surface area (Å²) in [7, 11) is 0. The van der Waals surface area contributed by atoms with E-state index in [2.05, 4.69) is 22.1 Å². The first kappa shape index (κ1) is 12.8. The van der Waals surface area contributed by atoms with Crippen molar-refractivity contribution in [2.45, 2.75) is 13.0 Å². The predicted molar refractivity (Wildman–Crippen MR) is 78.1 cm³/mol. The predicted octanol–water partition coefficient (Wildman–Crippen LogP) is 1.94. The molecule has 0 bridgehead atoms. The quantitative estimate of drug-likeness (QED) is 0.668. The highest BCUT2D eigenvalue weighted by Gasteiger charge is 2.19. The summed E-state index contributed by atoms with van der Waals surface area (Å²) in [5.74, 6) is 0. The van der Waals surface area contributed by atoms with Gasteiger partial charge in [0.05, 0.1) is 10.4 Å². The molecule has 0 amide bonds. The third-order valence-electron chi connectivity index (χ3n) is 3.62. The minimum absolute atomic E-state index is 0.106. The number of nitro benzene ring substituents is 1. The van der Waals surface area contributed by atoms with Gasteiger partial charge in [-0.25, -0.2) is 0 Å². The maximum atomic E-state index is 10.9. The summed E-state index contributed by atoms with van der Waals surface area (Å²) in [5.41, 5.74) is 1.92. The molecule has 1 aliphatic rings. The second kappa shape index (κ2) is 5.05. The molecule has 6 heteroatoms. The molecule has 0 aliphatic carbocycles. The first-order valence-corrected chi connectivity index (χ1v) is 6.66. The highest BCUT2D eigenvalue weighted by Crippen LogP contribution is 2.29. The Morgan fingerprint density at radius 1 is 1.45 bits per heavy atom. The van der Waals surface area contributed by atoms with Crippen molar-refractivity contribution in [2.24, 2.45) is 0 Å². The second-order valence-electron chi connectivity index (χ2n) is 5.09.